The molecule has 0 aliphatic carbocycles. The molecule has 0 atom stereocenters. The highest BCUT2D eigenvalue weighted by Gasteiger charge is 2.31. The van der Waals surface area contributed by atoms with Crippen LogP contribution in [-0.2, 0) is 10.0 Å². The van der Waals surface area contributed by atoms with Gasteiger partial charge in [-0.2, -0.15) is 9.57 Å². The lowest BCUT2D eigenvalue weighted by Gasteiger charge is -2.33. The number of sulfonamides is 1. The molecule has 0 saturated carbocycles. The van der Waals surface area contributed by atoms with Crippen LogP contribution in [0, 0.1) is 23.2 Å². The highest BCUT2D eigenvalue weighted by molar-refractivity contribution is 7.89. The number of piperidine rings is 1. The molecule has 114 valence electrons. The number of rotatable bonds is 3. The zero-order valence-corrected chi connectivity index (χ0v) is 13.8. The molecule has 1 aliphatic heterocycles. The molecule has 0 aromatic heterocycles. The maximum Gasteiger partial charge on any atom is 0.244 e. The van der Waals surface area contributed by atoms with Crippen LogP contribution < -0.4 is 0 Å². The maximum absolute atomic E-state index is 12.6. The van der Waals surface area contributed by atoms with E-state index in [2.05, 4.69) is 13.8 Å². The number of hydrogen-bond donors (Lipinski definition) is 0. The molecule has 1 aromatic carbocycles. The molecule has 6 heteroatoms. The van der Waals surface area contributed by atoms with Crippen LogP contribution in [0.3, 0.4) is 0 Å². The Labute approximate surface area is 131 Å². The van der Waals surface area contributed by atoms with Gasteiger partial charge in [0.05, 0.1) is 16.7 Å². The Hall–Kier alpha value is -1.09. The van der Waals surface area contributed by atoms with Crippen molar-refractivity contribution in [1.82, 2.24) is 4.31 Å². The Balaban J connectivity index is 2.22. The van der Waals surface area contributed by atoms with Gasteiger partial charge >= 0.3 is 0 Å². The molecular weight excluding hydrogens is 308 g/mol. The third-order valence-corrected chi connectivity index (χ3v) is 6.50. The Morgan fingerprint density at radius 1 is 1.33 bits per heavy atom. The predicted molar refractivity (Wildman–Crippen MR) is 82.5 cm³/mol. The molecule has 1 aliphatic rings. The Bertz CT molecular complexity index is 657. The van der Waals surface area contributed by atoms with Crippen molar-refractivity contribution in [3.05, 3.63) is 28.8 Å². The molecule has 1 heterocycles. The summed E-state index contributed by atoms with van der Waals surface area (Å²) < 4.78 is 26.8. The van der Waals surface area contributed by atoms with Crippen molar-refractivity contribution < 1.29 is 8.42 Å². The van der Waals surface area contributed by atoms with Crippen LogP contribution in [0.25, 0.3) is 0 Å². The highest BCUT2D eigenvalue weighted by atomic mass is 35.5. The van der Waals surface area contributed by atoms with Crippen LogP contribution in [0.1, 0.15) is 32.3 Å². The second-order valence-electron chi connectivity index (χ2n) is 5.74. The van der Waals surface area contributed by atoms with E-state index in [0.29, 0.717) is 30.5 Å². The molecule has 1 fully saturated rings. The lowest BCUT2D eigenvalue weighted by atomic mass is 9.87. The molecule has 0 bridgehead atoms. The van der Waals surface area contributed by atoms with E-state index in [1.54, 1.807) is 0 Å². The van der Waals surface area contributed by atoms with E-state index < -0.39 is 10.0 Å². The summed E-state index contributed by atoms with van der Waals surface area (Å²) in [6, 6.07) is 6.26. The van der Waals surface area contributed by atoms with E-state index in [4.69, 9.17) is 16.9 Å². The average molecular weight is 327 g/mol. The summed E-state index contributed by atoms with van der Waals surface area (Å²) in [6.45, 7) is 5.40. The van der Waals surface area contributed by atoms with E-state index in [9.17, 15) is 8.42 Å². The topological polar surface area (TPSA) is 61.2 Å². The first-order chi connectivity index (χ1) is 9.86. The van der Waals surface area contributed by atoms with Gasteiger partial charge in [-0.05, 0) is 42.9 Å². The standard InChI is InChI=1S/C15H19ClN2O2S/c1-11(2)13-5-7-18(8-6-13)21(19,20)15-4-3-12(10-17)9-14(15)16/h3-4,9,11,13H,5-8H2,1-2H3. The van der Waals surface area contributed by atoms with E-state index in [1.165, 1.54) is 22.5 Å². The Morgan fingerprint density at radius 2 is 1.95 bits per heavy atom. The van der Waals surface area contributed by atoms with Gasteiger partial charge in [-0.1, -0.05) is 25.4 Å². The van der Waals surface area contributed by atoms with Crippen molar-refractivity contribution in [2.45, 2.75) is 31.6 Å². The number of benzene rings is 1. The van der Waals surface area contributed by atoms with Gasteiger partial charge in [0.15, 0.2) is 0 Å². The van der Waals surface area contributed by atoms with Gasteiger partial charge in [0.1, 0.15) is 4.90 Å². The van der Waals surface area contributed by atoms with Crippen molar-refractivity contribution in [2.75, 3.05) is 13.1 Å². The van der Waals surface area contributed by atoms with Gasteiger partial charge in [-0.3, -0.25) is 0 Å². The SMILES string of the molecule is CC(C)C1CCN(S(=O)(=O)c2ccc(C#N)cc2Cl)CC1. The maximum atomic E-state index is 12.6. The second-order valence-corrected chi connectivity index (χ2v) is 8.06. The Kier molecular flexibility index (Phi) is 4.92. The van der Waals surface area contributed by atoms with Gasteiger partial charge in [-0.15, -0.1) is 0 Å². The van der Waals surface area contributed by atoms with Crippen molar-refractivity contribution in [1.29, 1.82) is 5.26 Å². The molecule has 0 radical (unpaired) electrons. The third kappa shape index (κ3) is 3.39. The monoisotopic (exact) mass is 326 g/mol. The van der Waals surface area contributed by atoms with Gasteiger partial charge in [-0.25, -0.2) is 8.42 Å². The van der Waals surface area contributed by atoms with E-state index in [-0.39, 0.29) is 9.92 Å². The molecule has 2 rings (SSSR count). The van der Waals surface area contributed by atoms with E-state index in [0.717, 1.165) is 12.8 Å². The minimum atomic E-state index is -3.57. The fourth-order valence-corrected chi connectivity index (χ4v) is 4.69. The summed E-state index contributed by atoms with van der Waals surface area (Å²) in [5.74, 6) is 1.15. The van der Waals surface area contributed by atoms with E-state index >= 15 is 0 Å². The molecule has 1 saturated heterocycles. The number of halogens is 1. The first-order valence-corrected chi connectivity index (χ1v) is 8.88. The predicted octanol–water partition coefficient (Wildman–Crippen LogP) is 3.27. The average Bonchev–Trinajstić information content (AvgIpc) is 2.46. The zero-order chi connectivity index (χ0) is 15.6. The quantitative estimate of drug-likeness (QED) is 0.856. The highest BCUT2D eigenvalue weighted by Crippen LogP contribution is 2.31. The normalized spacial score (nSPS) is 17.9. The molecule has 0 spiro atoms. The lowest BCUT2D eigenvalue weighted by Crippen LogP contribution is -2.39. The molecular formula is C15H19ClN2O2S. The summed E-state index contributed by atoms with van der Waals surface area (Å²) in [5, 5.41) is 8.93. The van der Waals surface area contributed by atoms with Gasteiger partial charge in [0.2, 0.25) is 10.0 Å². The van der Waals surface area contributed by atoms with Crippen molar-refractivity contribution >= 4 is 21.6 Å². The Morgan fingerprint density at radius 3 is 2.43 bits per heavy atom. The summed E-state index contributed by atoms with van der Waals surface area (Å²) in [4.78, 5) is 0.0890. The fourth-order valence-electron chi connectivity index (χ4n) is 2.70. The molecule has 0 amide bonds. The van der Waals surface area contributed by atoms with Gasteiger partial charge in [0.25, 0.3) is 0 Å². The summed E-state index contributed by atoms with van der Waals surface area (Å²) in [5.41, 5.74) is 0.359. The summed E-state index contributed by atoms with van der Waals surface area (Å²) in [6.07, 6.45) is 1.76. The molecule has 0 N–H and O–H groups in total. The number of nitriles is 1. The van der Waals surface area contributed by atoms with Crippen molar-refractivity contribution in [3.8, 4) is 6.07 Å². The molecule has 21 heavy (non-hydrogen) atoms. The molecule has 1 aromatic rings. The summed E-state index contributed by atoms with van der Waals surface area (Å²) >= 11 is 6.03. The summed E-state index contributed by atoms with van der Waals surface area (Å²) in [7, 11) is -3.57. The largest absolute Gasteiger partial charge is 0.244 e. The smallest absolute Gasteiger partial charge is 0.207 e. The lowest BCUT2D eigenvalue weighted by molar-refractivity contribution is 0.226. The first kappa shape index (κ1) is 16.3. The van der Waals surface area contributed by atoms with E-state index in [1.807, 2.05) is 6.07 Å². The zero-order valence-electron chi connectivity index (χ0n) is 12.2. The minimum absolute atomic E-state index is 0.0890. The van der Waals surface area contributed by atoms with Crippen molar-refractivity contribution in [2.24, 2.45) is 11.8 Å². The van der Waals surface area contributed by atoms with Crippen LogP contribution in [0.2, 0.25) is 5.02 Å². The molecule has 0 unspecified atom stereocenters. The number of hydrogen-bond acceptors (Lipinski definition) is 3. The number of nitrogens with zero attached hydrogens (tertiary/aromatic N) is 2. The van der Waals surface area contributed by atoms with Crippen LogP contribution in [0.15, 0.2) is 23.1 Å². The fraction of sp³-hybridized carbons (Fsp3) is 0.533. The van der Waals surface area contributed by atoms with Gasteiger partial charge in [0, 0.05) is 13.1 Å². The van der Waals surface area contributed by atoms with Crippen LogP contribution in [-0.4, -0.2) is 25.8 Å². The first-order valence-electron chi connectivity index (χ1n) is 7.06. The van der Waals surface area contributed by atoms with Gasteiger partial charge < -0.3 is 0 Å². The van der Waals surface area contributed by atoms with Crippen molar-refractivity contribution in [3.63, 3.8) is 0 Å². The van der Waals surface area contributed by atoms with Crippen LogP contribution in [0.5, 0.6) is 0 Å². The minimum Gasteiger partial charge on any atom is -0.207 e. The van der Waals surface area contributed by atoms with Crippen LogP contribution >= 0.6 is 11.6 Å². The van der Waals surface area contributed by atoms with Crippen LogP contribution in [0.4, 0.5) is 0 Å². The third-order valence-electron chi connectivity index (χ3n) is 4.12. The second kappa shape index (κ2) is 6.35. The molecule has 4 nitrogen and oxygen atoms in total.